The van der Waals surface area contributed by atoms with E-state index in [1.165, 1.54) is 24.3 Å². The molecule has 0 radical (unpaired) electrons. The highest BCUT2D eigenvalue weighted by Gasteiger charge is 2.42. The fourth-order valence-corrected chi connectivity index (χ4v) is 7.61. The number of likely N-dealkylation sites (tertiary alicyclic amines) is 1. The minimum Gasteiger partial charge on any atom is -0.489 e. The molecule has 0 aromatic heterocycles. The van der Waals surface area contributed by atoms with E-state index >= 15 is 0 Å². The number of piperidine rings is 2. The fraction of sp³-hybridized carbons (Fsp3) is 0.480. The molecule has 0 bridgehead atoms. The zero-order valence-electron chi connectivity index (χ0n) is 21.1. The van der Waals surface area contributed by atoms with Crippen LogP contribution in [0.1, 0.15) is 41.6 Å². The van der Waals surface area contributed by atoms with E-state index in [-0.39, 0.29) is 22.9 Å². The van der Waals surface area contributed by atoms with Gasteiger partial charge >= 0.3 is 0 Å². The molecule has 2 atom stereocenters. The van der Waals surface area contributed by atoms with Crippen molar-refractivity contribution in [1.82, 2.24) is 14.9 Å². The first kappa shape index (κ1) is 29.1. The second kappa shape index (κ2) is 11.7. The van der Waals surface area contributed by atoms with Crippen LogP contribution in [0.3, 0.4) is 0 Å². The van der Waals surface area contributed by atoms with E-state index in [0.29, 0.717) is 34.3 Å². The maximum atomic E-state index is 13.7. The predicted octanol–water partition coefficient (Wildman–Crippen LogP) is 3.39. The summed E-state index contributed by atoms with van der Waals surface area (Å²) >= 11 is 12.6. The van der Waals surface area contributed by atoms with Gasteiger partial charge in [0.1, 0.15) is 17.2 Å². The van der Waals surface area contributed by atoms with Crippen LogP contribution in [0.2, 0.25) is 10.0 Å². The lowest BCUT2D eigenvalue weighted by Gasteiger charge is -2.44. The average molecular weight is 605 g/mol. The Kier molecular flexibility index (Phi) is 8.95. The second-order valence-corrected chi connectivity index (χ2v) is 14.3. The number of hydrogen-bond acceptors (Lipinski definition) is 8. The Bertz CT molecular complexity index is 1410. The lowest BCUT2D eigenvalue weighted by molar-refractivity contribution is 0.0481. The summed E-state index contributed by atoms with van der Waals surface area (Å²) in [6.45, 7) is 3.79. The van der Waals surface area contributed by atoms with E-state index in [0.717, 1.165) is 32.2 Å². The molecular weight excluding hydrogens is 573 g/mol. The van der Waals surface area contributed by atoms with Crippen molar-refractivity contribution in [3.05, 3.63) is 57.6 Å². The van der Waals surface area contributed by atoms with E-state index in [2.05, 4.69) is 10.0 Å². The van der Waals surface area contributed by atoms with E-state index < -0.39 is 37.2 Å². The zero-order chi connectivity index (χ0) is 27.7. The second-order valence-electron chi connectivity index (χ2n) is 9.70. The van der Waals surface area contributed by atoms with Crippen LogP contribution >= 0.6 is 23.2 Å². The van der Waals surface area contributed by atoms with Crippen LogP contribution in [0.4, 0.5) is 0 Å². The molecule has 0 aliphatic carbocycles. The zero-order valence-corrected chi connectivity index (χ0v) is 24.3. The Hall–Kier alpha value is -1.89. The van der Waals surface area contributed by atoms with Crippen molar-refractivity contribution in [2.45, 2.75) is 55.0 Å². The third-order valence-electron chi connectivity index (χ3n) is 7.02. The Labute approximate surface area is 233 Å². The van der Waals surface area contributed by atoms with Gasteiger partial charge in [0.25, 0.3) is 15.9 Å². The number of carbonyl (C=O) groups is 1. The van der Waals surface area contributed by atoms with Gasteiger partial charge in [-0.25, -0.2) is 21.6 Å². The number of halogens is 2. The largest absolute Gasteiger partial charge is 0.489 e. The topological polar surface area (TPSA) is 122 Å². The Balaban J connectivity index is 1.59. The van der Waals surface area contributed by atoms with Crippen LogP contribution in [0.25, 0.3) is 0 Å². The number of nitrogens with one attached hydrogen (secondary N) is 2. The number of carbonyl (C=O) groups excluding carboxylic acids is 1. The molecule has 2 unspecified atom stereocenters. The van der Waals surface area contributed by atoms with Crippen LogP contribution < -0.4 is 14.8 Å². The summed E-state index contributed by atoms with van der Waals surface area (Å²) in [4.78, 5) is 14.8. The maximum absolute atomic E-state index is 13.7. The van der Waals surface area contributed by atoms with E-state index in [4.69, 9.17) is 27.9 Å². The Morgan fingerprint density at radius 2 is 1.79 bits per heavy atom. The molecule has 2 aromatic carbocycles. The Morgan fingerprint density at radius 3 is 2.47 bits per heavy atom. The van der Waals surface area contributed by atoms with Gasteiger partial charge in [0.05, 0.1) is 9.92 Å². The molecule has 13 heteroatoms. The van der Waals surface area contributed by atoms with Gasteiger partial charge in [-0.1, -0.05) is 29.3 Å². The summed E-state index contributed by atoms with van der Waals surface area (Å²) in [5.74, 6) is -0.466. The highest BCUT2D eigenvalue weighted by molar-refractivity contribution is 7.91. The van der Waals surface area contributed by atoms with Crippen molar-refractivity contribution < 1.29 is 26.4 Å². The van der Waals surface area contributed by atoms with Crippen molar-refractivity contribution in [2.75, 3.05) is 25.9 Å². The van der Waals surface area contributed by atoms with Crippen molar-refractivity contribution in [3.8, 4) is 5.75 Å². The van der Waals surface area contributed by atoms with E-state index in [9.17, 15) is 21.6 Å². The highest BCUT2D eigenvalue weighted by atomic mass is 35.5. The van der Waals surface area contributed by atoms with E-state index in [1.807, 2.05) is 4.90 Å². The number of nitrogens with zero attached hydrogens (tertiary/aromatic N) is 1. The molecular formula is C25H31Cl2N3O6S2. The molecule has 0 spiro atoms. The summed E-state index contributed by atoms with van der Waals surface area (Å²) in [5, 5.41) is 3.14. The number of hydrogen-bond donors (Lipinski definition) is 2. The Morgan fingerprint density at radius 1 is 1.08 bits per heavy atom. The summed E-state index contributed by atoms with van der Waals surface area (Å²) < 4.78 is 59.5. The highest BCUT2D eigenvalue weighted by Crippen LogP contribution is 2.36. The quantitative estimate of drug-likeness (QED) is 0.494. The SMILES string of the molecule is Cc1c(Cl)ccc(OC2CCN(C3CCNCC3)C(S(=O)(=O)NC(=O)c3cccc(S(C)(=O)=O)c3)C2)c1Cl. The van der Waals surface area contributed by atoms with Gasteiger partial charge in [-0.3, -0.25) is 9.69 Å². The van der Waals surface area contributed by atoms with Gasteiger partial charge in [0, 0.05) is 35.8 Å². The number of ether oxygens (including phenoxy) is 1. The number of benzene rings is 2. The van der Waals surface area contributed by atoms with Gasteiger partial charge in [-0.05, 0) is 75.2 Å². The number of rotatable bonds is 7. The van der Waals surface area contributed by atoms with Gasteiger partial charge in [0.15, 0.2) is 9.84 Å². The molecule has 208 valence electrons. The average Bonchev–Trinajstić information content (AvgIpc) is 2.89. The lowest BCUT2D eigenvalue weighted by atomic mass is 9.99. The molecule has 2 aliphatic heterocycles. The predicted molar refractivity (Wildman–Crippen MR) is 147 cm³/mol. The molecule has 2 aromatic rings. The molecule has 9 nitrogen and oxygen atoms in total. The smallest absolute Gasteiger partial charge is 0.264 e. The molecule has 2 fully saturated rings. The van der Waals surface area contributed by atoms with Crippen LogP contribution in [0.15, 0.2) is 41.3 Å². The maximum Gasteiger partial charge on any atom is 0.264 e. The minimum atomic E-state index is -4.21. The van der Waals surface area contributed by atoms with Crippen molar-refractivity contribution in [2.24, 2.45) is 0 Å². The van der Waals surface area contributed by atoms with Crippen LogP contribution in [0, 0.1) is 6.92 Å². The number of sulfone groups is 1. The summed E-state index contributed by atoms with van der Waals surface area (Å²) in [6, 6.07) is 8.68. The normalized spacial score (nSPS) is 21.7. The van der Waals surface area contributed by atoms with Crippen molar-refractivity contribution >= 4 is 49.0 Å². The first-order valence-corrected chi connectivity index (χ1v) is 16.5. The van der Waals surface area contributed by atoms with Gasteiger partial charge in [-0.15, -0.1) is 0 Å². The van der Waals surface area contributed by atoms with Gasteiger partial charge in [-0.2, -0.15) is 0 Å². The van der Waals surface area contributed by atoms with Crippen LogP contribution in [-0.2, 0) is 19.9 Å². The number of sulfonamides is 1. The van der Waals surface area contributed by atoms with Crippen LogP contribution in [0.5, 0.6) is 5.75 Å². The minimum absolute atomic E-state index is 0.0313. The van der Waals surface area contributed by atoms with Gasteiger partial charge in [0.2, 0.25) is 0 Å². The summed E-state index contributed by atoms with van der Waals surface area (Å²) in [5.41, 5.74) is 0.614. The van der Waals surface area contributed by atoms with Gasteiger partial charge < -0.3 is 10.1 Å². The van der Waals surface area contributed by atoms with Crippen LogP contribution in [-0.4, -0.2) is 71.1 Å². The first-order chi connectivity index (χ1) is 17.9. The van der Waals surface area contributed by atoms with Crippen molar-refractivity contribution in [3.63, 3.8) is 0 Å². The molecule has 2 N–H and O–H groups in total. The summed E-state index contributed by atoms with van der Waals surface area (Å²) in [6.07, 6.45) is 2.82. The van der Waals surface area contributed by atoms with E-state index in [1.54, 1.807) is 19.1 Å². The molecule has 2 heterocycles. The molecule has 0 saturated carbocycles. The van der Waals surface area contributed by atoms with Crippen molar-refractivity contribution in [1.29, 1.82) is 0 Å². The fourth-order valence-electron chi connectivity index (χ4n) is 4.91. The lowest BCUT2D eigenvalue weighted by Crippen LogP contribution is -2.58. The molecule has 1 amide bonds. The monoisotopic (exact) mass is 603 g/mol. The third kappa shape index (κ3) is 6.63. The molecule has 2 aliphatic rings. The number of amides is 1. The first-order valence-electron chi connectivity index (χ1n) is 12.3. The summed E-state index contributed by atoms with van der Waals surface area (Å²) in [7, 11) is -7.78. The molecule has 4 rings (SSSR count). The standard InChI is InChI=1S/C25H31Cl2N3O6S2/c1-16-21(26)6-7-22(24(16)27)36-19-10-13-30(18-8-11-28-12-9-18)23(15-19)38(34,35)29-25(31)17-4-3-5-20(14-17)37(2,32)33/h3-7,14,18-19,23,28H,8-13,15H2,1-2H3,(H,29,31). The molecule has 2 saturated heterocycles. The molecule has 38 heavy (non-hydrogen) atoms. The third-order valence-corrected chi connectivity index (χ3v) is 10.7.